The molecule has 0 saturated heterocycles. The van der Waals surface area contributed by atoms with Gasteiger partial charge in [0.05, 0.1) is 13.7 Å². The Kier molecular flexibility index (Phi) is 6.12. The van der Waals surface area contributed by atoms with Crippen LogP contribution in [0.25, 0.3) is 15.6 Å². The summed E-state index contributed by atoms with van der Waals surface area (Å²) in [6, 6.07) is 16.5. The van der Waals surface area contributed by atoms with E-state index >= 15 is 0 Å². The molecule has 4 nitrogen and oxygen atoms in total. The van der Waals surface area contributed by atoms with Crippen molar-refractivity contribution in [2.24, 2.45) is 10.4 Å². The van der Waals surface area contributed by atoms with Crippen molar-refractivity contribution < 1.29 is 27.4 Å². The Morgan fingerprint density at radius 2 is 1.72 bits per heavy atom. The zero-order valence-electron chi connectivity index (χ0n) is 15.4. The first-order chi connectivity index (χ1) is 13.8. The summed E-state index contributed by atoms with van der Waals surface area (Å²) in [7, 11) is 0.898. The lowest BCUT2D eigenvalue weighted by molar-refractivity contribution is -0.203. The highest BCUT2D eigenvalue weighted by Crippen LogP contribution is 2.46. The lowest BCUT2D eigenvalue weighted by Gasteiger charge is -2.29. The number of ether oxygens (including phenoxy) is 2. The van der Waals surface area contributed by atoms with Crippen LogP contribution in [0.2, 0.25) is 0 Å². The van der Waals surface area contributed by atoms with Crippen LogP contribution in [0.15, 0.2) is 65.7 Å². The molecule has 0 saturated carbocycles. The van der Waals surface area contributed by atoms with E-state index in [1.165, 1.54) is 0 Å². The molecule has 0 unspecified atom stereocenters. The van der Waals surface area contributed by atoms with Gasteiger partial charge in [-0.3, -0.25) is 9.79 Å². The van der Waals surface area contributed by atoms with Gasteiger partial charge in [0, 0.05) is 4.48 Å². The molecule has 2 aromatic rings. The summed E-state index contributed by atoms with van der Waals surface area (Å²) in [5.41, 5.74) is -0.782. The largest absolute Gasteiger partial charge is 0.478 e. The molecule has 1 heterocycles. The van der Waals surface area contributed by atoms with Crippen molar-refractivity contribution >= 4 is 32.3 Å². The first-order valence-electron chi connectivity index (χ1n) is 8.66. The minimum Gasteiger partial charge on any atom is -0.478 e. The van der Waals surface area contributed by atoms with Crippen LogP contribution < -0.4 is 0 Å². The quantitative estimate of drug-likeness (QED) is 0.564. The molecule has 1 aliphatic rings. The number of rotatable bonds is 5. The molecule has 8 heteroatoms. The van der Waals surface area contributed by atoms with Crippen molar-refractivity contribution in [1.82, 2.24) is 0 Å². The van der Waals surface area contributed by atoms with Gasteiger partial charge in [-0.1, -0.05) is 70.5 Å². The number of benzene rings is 2. The van der Waals surface area contributed by atoms with Crippen molar-refractivity contribution in [2.75, 3.05) is 20.3 Å². The maximum absolute atomic E-state index is 14.1. The minimum absolute atomic E-state index is 0.0264. The molecule has 1 aliphatic heterocycles. The Morgan fingerprint density at radius 1 is 1.10 bits per heavy atom. The number of methoxy groups -OCH3 is 1. The number of carbonyl (C=O) groups is 1. The van der Waals surface area contributed by atoms with Gasteiger partial charge < -0.3 is 9.47 Å². The van der Waals surface area contributed by atoms with Crippen LogP contribution in [0.5, 0.6) is 0 Å². The second-order valence-electron chi connectivity index (χ2n) is 6.27. The second-order valence-corrected chi connectivity index (χ2v) is 7.12. The van der Waals surface area contributed by atoms with Gasteiger partial charge in [-0.15, -0.1) is 0 Å². The fourth-order valence-corrected chi connectivity index (χ4v) is 3.60. The summed E-state index contributed by atoms with van der Waals surface area (Å²) in [5, 5.41) is 0. The molecule has 152 valence electrons. The number of alkyl halides is 3. The summed E-state index contributed by atoms with van der Waals surface area (Å²) in [6.07, 6.45) is -4.26. The monoisotopic (exact) mass is 467 g/mol. The Hall–Kier alpha value is -2.61. The van der Waals surface area contributed by atoms with Crippen molar-refractivity contribution in [3.8, 4) is 11.1 Å². The second kappa shape index (κ2) is 8.41. The number of carbonyl (C=O) groups excluding carboxylic acids is 1. The summed E-state index contributed by atoms with van der Waals surface area (Å²) in [4.78, 5) is 16.1. The van der Waals surface area contributed by atoms with Crippen LogP contribution in [0.1, 0.15) is 5.56 Å². The molecule has 1 atom stereocenters. The van der Waals surface area contributed by atoms with Gasteiger partial charge in [0.2, 0.25) is 5.90 Å². The Balaban J connectivity index is 2.04. The average molecular weight is 468 g/mol. The van der Waals surface area contributed by atoms with Crippen molar-refractivity contribution in [2.45, 2.75) is 6.18 Å². The molecular formula is C21H17BrF3NO3. The molecule has 0 bridgehead atoms. The van der Waals surface area contributed by atoms with E-state index < -0.39 is 23.5 Å². The van der Waals surface area contributed by atoms with Crippen molar-refractivity contribution in [3.05, 3.63) is 66.2 Å². The smallest absolute Gasteiger partial charge is 0.417 e. The van der Waals surface area contributed by atoms with Crippen LogP contribution in [-0.2, 0) is 14.3 Å². The highest BCUT2D eigenvalue weighted by Gasteiger charge is 2.66. The minimum atomic E-state index is -5.01. The molecule has 0 amide bonds. The summed E-state index contributed by atoms with van der Waals surface area (Å²) in [5.74, 6) is -2.22. The number of esters is 1. The Labute approximate surface area is 174 Å². The fraction of sp³-hybridized carbons (Fsp3) is 0.238. The van der Waals surface area contributed by atoms with Crippen LogP contribution >= 0.6 is 15.9 Å². The number of hydrogen-bond donors (Lipinski definition) is 0. The number of aliphatic imine (C=N–C) groups is 1. The molecular weight excluding hydrogens is 451 g/mol. The third kappa shape index (κ3) is 4.07. The molecule has 0 fully saturated rings. The van der Waals surface area contributed by atoms with Crippen LogP contribution in [0.3, 0.4) is 0 Å². The van der Waals surface area contributed by atoms with Gasteiger partial charge >= 0.3 is 12.1 Å². The third-order valence-electron chi connectivity index (χ3n) is 4.49. The van der Waals surface area contributed by atoms with Crippen LogP contribution in [0, 0.1) is 5.41 Å². The van der Waals surface area contributed by atoms with Crippen molar-refractivity contribution in [1.29, 1.82) is 0 Å². The van der Waals surface area contributed by atoms with Gasteiger partial charge in [-0.25, -0.2) is 0 Å². The predicted octanol–water partition coefficient (Wildman–Crippen LogP) is 5.24. The zero-order chi connectivity index (χ0) is 21.1. The zero-order valence-corrected chi connectivity index (χ0v) is 17.0. The Morgan fingerprint density at radius 3 is 2.24 bits per heavy atom. The van der Waals surface area contributed by atoms with Gasteiger partial charge in [0.1, 0.15) is 6.61 Å². The van der Waals surface area contributed by atoms with Crippen molar-refractivity contribution in [3.63, 3.8) is 0 Å². The normalized spacial score (nSPS) is 16.6. The standard InChI is InChI=1S/C21H17BrF3NO3/c1-28-19(27)20(21(23,24)25,18-26-11-12-29-18)13-17(22)16-9-7-15(8-10-16)14-5-3-2-4-6-14/h2-10,13H,11-12H2,1H3/b17-13+/t20-/m1/s1. The summed E-state index contributed by atoms with van der Waals surface area (Å²) < 4.78 is 51.9. The number of hydrogen-bond acceptors (Lipinski definition) is 4. The van der Waals surface area contributed by atoms with Gasteiger partial charge in [-0.2, -0.15) is 13.2 Å². The molecule has 0 aliphatic carbocycles. The molecule has 2 aromatic carbocycles. The lowest BCUT2D eigenvalue weighted by atomic mass is 9.85. The van der Waals surface area contributed by atoms with Gasteiger partial charge in [0.15, 0.2) is 0 Å². The predicted molar refractivity (Wildman–Crippen MR) is 108 cm³/mol. The molecule has 29 heavy (non-hydrogen) atoms. The number of halogens is 4. The van der Waals surface area contributed by atoms with Crippen LogP contribution in [-0.4, -0.2) is 38.3 Å². The van der Waals surface area contributed by atoms with E-state index in [0.717, 1.165) is 24.3 Å². The molecule has 0 spiro atoms. The highest BCUT2D eigenvalue weighted by atomic mass is 79.9. The maximum atomic E-state index is 14.1. The van der Waals surface area contributed by atoms with E-state index in [1.807, 2.05) is 30.3 Å². The Bertz CT molecular complexity index is 940. The topological polar surface area (TPSA) is 47.9 Å². The summed E-state index contributed by atoms with van der Waals surface area (Å²) in [6.45, 7) is 0.0166. The van der Waals surface area contributed by atoms with Gasteiger partial charge in [-0.05, 0) is 22.8 Å². The highest BCUT2D eigenvalue weighted by molar-refractivity contribution is 9.15. The van der Waals surface area contributed by atoms with E-state index in [2.05, 4.69) is 25.7 Å². The maximum Gasteiger partial charge on any atom is 0.417 e. The summed E-state index contributed by atoms with van der Waals surface area (Å²) >= 11 is 3.18. The average Bonchev–Trinajstić information content (AvgIpc) is 3.26. The lowest BCUT2D eigenvalue weighted by Crippen LogP contribution is -2.50. The molecule has 0 N–H and O–H groups in total. The van der Waals surface area contributed by atoms with Gasteiger partial charge in [0.25, 0.3) is 5.41 Å². The molecule has 0 aromatic heterocycles. The first kappa shape index (κ1) is 21.1. The third-order valence-corrected chi connectivity index (χ3v) is 5.18. The molecule has 0 radical (unpaired) electrons. The van der Waals surface area contributed by atoms with E-state index in [9.17, 15) is 18.0 Å². The number of nitrogens with zero attached hydrogens (tertiary/aromatic N) is 1. The SMILES string of the molecule is COC(=O)[C@@](/C=C(/Br)c1ccc(-c2ccccc2)cc1)(C1=NCCO1)C(F)(F)F. The van der Waals surface area contributed by atoms with E-state index in [1.54, 1.807) is 24.3 Å². The molecule has 3 rings (SSSR count). The van der Waals surface area contributed by atoms with E-state index in [-0.39, 0.29) is 17.6 Å². The first-order valence-corrected chi connectivity index (χ1v) is 9.46. The van der Waals surface area contributed by atoms with E-state index in [0.29, 0.717) is 5.56 Å². The van der Waals surface area contributed by atoms with Crippen LogP contribution in [0.4, 0.5) is 13.2 Å². The van der Waals surface area contributed by atoms with E-state index in [4.69, 9.17) is 4.74 Å². The fourth-order valence-electron chi connectivity index (χ4n) is 2.99.